The largest absolute Gasteiger partial charge is 0.417 e. The van der Waals surface area contributed by atoms with Crippen molar-refractivity contribution in [2.24, 2.45) is 11.8 Å². The van der Waals surface area contributed by atoms with Crippen molar-refractivity contribution in [2.75, 3.05) is 26.2 Å². The van der Waals surface area contributed by atoms with Crippen LogP contribution in [-0.4, -0.2) is 36.1 Å². The Morgan fingerprint density at radius 2 is 2.00 bits per heavy atom. The predicted molar refractivity (Wildman–Crippen MR) is 79.2 cm³/mol. The van der Waals surface area contributed by atoms with Crippen LogP contribution in [0, 0.1) is 11.8 Å². The Hall–Kier alpha value is -1.30. The molecule has 0 saturated carbocycles. The molecule has 2 aromatic rings. The summed E-state index contributed by atoms with van der Waals surface area (Å²) in [5.41, 5.74) is 2.64. The van der Waals surface area contributed by atoms with Crippen LogP contribution in [0.15, 0.2) is 27.4 Å². The Kier molecular flexibility index (Phi) is 3.58. The summed E-state index contributed by atoms with van der Waals surface area (Å²) < 4.78 is 5.11. The van der Waals surface area contributed by atoms with Crippen molar-refractivity contribution in [2.45, 2.75) is 6.54 Å². The number of rotatable bonds is 2. The van der Waals surface area contributed by atoms with E-state index < -0.39 is 0 Å². The van der Waals surface area contributed by atoms with Gasteiger partial charge in [-0.05, 0) is 42.6 Å². The molecule has 2 aliphatic rings. The van der Waals surface area contributed by atoms with Gasteiger partial charge in [0.15, 0.2) is 5.58 Å². The maximum Gasteiger partial charge on any atom is 0.417 e. The molecule has 6 heteroatoms. The van der Waals surface area contributed by atoms with E-state index in [1.807, 2.05) is 12.1 Å². The van der Waals surface area contributed by atoms with Gasteiger partial charge in [0.1, 0.15) is 0 Å². The van der Waals surface area contributed by atoms with Gasteiger partial charge in [-0.3, -0.25) is 9.88 Å². The molecule has 2 saturated heterocycles. The first-order valence-electron chi connectivity index (χ1n) is 6.83. The molecule has 1 aromatic heterocycles. The number of hydrogen-bond acceptors (Lipinski definition) is 4. The van der Waals surface area contributed by atoms with Gasteiger partial charge in [-0.1, -0.05) is 6.07 Å². The van der Waals surface area contributed by atoms with Crippen LogP contribution in [-0.2, 0) is 6.54 Å². The highest BCUT2D eigenvalue weighted by Crippen LogP contribution is 2.27. The molecule has 2 atom stereocenters. The van der Waals surface area contributed by atoms with Crippen LogP contribution >= 0.6 is 12.4 Å². The third-order valence-electron chi connectivity index (χ3n) is 4.36. The zero-order valence-corrected chi connectivity index (χ0v) is 11.9. The number of halogens is 1. The van der Waals surface area contributed by atoms with E-state index in [4.69, 9.17) is 4.42 Å². The Labute approximate surface area is 122 Å². The van der Waals surface area contributed by atoms with Gasteiger partial charge in [0.25, 0.3) is 0 Å². The molecule has 0 unspecified atom stereocenters. The Morgan fingerprint density at radius 3 is 2.75 bits per heavy atom. The van der Waals surface area contributed by atoms with Crippen molar-refractivity contribution >= 4 is 23.5 Å². The van der Waals surface area contributed by atoms with Gasteiger partial charge in [0.2, 0.25) is 0 Å². The summed E-state index contributed by atoms with van der Waals surface area (Å²) >= 11 is 0. The van der Waals surface area contributed by atoms with Gasteiger partial charge >= 0.3 is 5.76 Å². The summed E-state index contributed by atoms with van der Waals surface area (Å²) in [6.45, 7) is 5.61. The lowest BCUT2D eigenvalue weighted by Gasteiger charge is -2.16. The predicted octanol–water partition coefficient (Wildman–Crippen LogP) is 1.19. The lowest BCUT2D eigenvalue weighted by atomic mass is 10.0. The van der Waals surface area contributed by atoms with E-state index in [-0.39, 0.29) is 18.2 Å². The molecule has 0 amide bonds. The van der Waals surface area contributed by atoms with Crippen molar-refractivity contribution < 1.29 is 4.42 Å². The number of hydrogen-bond donors (Lipinski definition) is 2. The number of nitrogens with zero attached hydrogens (tertiary/aromatic N) is 1. The van der Waals surface area contributed by atoms with E-state index in [9.17, 15) is 4.79 Å². The zero-order chi connectivity index (χ0) is 12.8. The monoisotopic (exact) mass is 295 g/mol. The minimum absolute atomic E-state index is 0. The maximum absolute atomic E-state index is 11.1. The molecule has 4 rings (SSSR count). The van der Waals surface area contributed by atoms with E-state index in [0.717, 1.165) is 37.0 Å². The standard InChI is InChI=1S/C14H17N3O2.ClH/c18-14-16-12-2-1-9(3-13(12)19-14)6-17-7-10-4-15-5-11(10)8-17;/h1-3,10-11,15H,4-8H2,(H,16,18);1H/t10-,11-;/m1./s1. The average Bonchev–Trinajstić information content (AvgIpc) is 3.01. The molecule has 2 N–H and O–H groups in total. The van der Waals surface area contributed by atoms with Crippen LogP contribution in [0.4, 0.5) is 0 Å². The fourth-order valence-corrected chi connectivity index (χ4v) is 3.43. The first-order chi connectivity index (χ1) is 9.28. The molecule has 108 valence electrons. The quantitative estimate of drug-likeness (QED) is 0.874. The third kappa shape index (κ3) is 2.37. The average molecular weight is 296 g/mol. The fourth-order valence-electron chi connectivity index (χ4n) is 3.43. The second kappa shape index (κ2) is 5.24. The van der Waals surface area contributed by atoms with E-state index in [0.29, 0.717) is 5.58 Å². The highest BCUT2D eigenvalue weighted by Gasteiger charge is 2.35. The maximum atomic E-state index is 11.1. The van der Waals surface area contributed by atoms with Gasteiger partial charge in [-0.15, -0.1) is 12.4 Å². The van der Waals surface area contributed by atoms with Crippen LogP contribution < -0.4 is 11.1 Å². The number of fused-ring (bicyclic) bond motifs is 2. The fraction of sp³-hybridized carbons (Fsp3) is 0.500. The van der Waals surface area contributed by atoms with Gasteiger partial charge < -0.3 is 9.73 Å². The van der Waals surface area contributed by atoms with Gasteiger partial charge in [-0.2, -0.15) is 0 Å². The molecule has 2 aliphatic heterocycles. The van der Waals surface area contributed by atoms with E-state index in [1.54, 1.807) is 0 Å². The molecule has 0 radical (unpaired) electrons. The number of benzene rings is 1. The third-order valence-corrected chi connectivity index (χ3v) is 4.36. The van der Waals surface area contributed by atoms with Crippen LogP contribution in [0.2, 0.25) is 0 Å². The second-order valence-electron chi connectivity index (χ2n) is 5.72. The number of oxazole rings is 1. The van der Waals surface area contributed by atoms with Crippen molar-refractivity contribution in [3.8, 4) is 0 Å². The first kappa shape index (κ1) is 13.7. The number of H-pyrrole nitrogens is 1. The summed E-state index contributed by atoms with van der Waals surface area (Å²) in [6, 6.07) is 5.97. The molecule has 5 nitrogen and oxygen atoms in total. The first-order valence-corrected chi connectivity index (χ1v) is 6.83. The molecule has 20 heavy (non-hydrogen) atoms. The van der Waals surface area contributed by atoms with Crippen LogP contribution in [0.25, 0.3) is 11.1 Å². The molecule has 0 aliphatic carbocycles. The number of likely N-dealkylation sites (tertiary alicyclic amines) is 1. The molecular weight excluding hydrogens is 278 g/mol. The lowest BCUT2D eigenvalue weighted by molar-refractivity contribution is 0.305. The van der Waals surface area contributed by atoms with Gasteiger partial charge in [0, 0.05) is 19.6 Å². The van der Waals surface area contributed by atoms with Crippen molar-refractivity contribution in [3.05, 3.63) is 34.3 Å². The number of nitrogens with one attached hydrogen (secondary N) is 2. The van der Waals surface area contributed by atoms with Gasteiger partial charge in [0.05, 0.1) is 5.52 Å². The summed E-state index contributed by atoms with van der Waals surface area (Å²) in [5, 5.41) is 3.46. The van der Waals surface area contributed by atoms with Gasteiger partial charge in [-0.25, -0.2) is 4.79 Å². The SMILES string of the molecule is Cl.O=c1[nH]c2ccc(CN3C[C@H]4CNC[C@@H]4C3)cc2o1. The number of aromatic nitrogens is 1. The smallest absolute Gasteiger partial charge is 0.408 e. The topological polar surface area (TPSA) is 61.3 Å². The Morgan fingerprint density at radius 1 is 1.25 bits per heavy atom. The highest BCUT2D eigenvalue weighted by atomic mass is 35.5. The Balaban J connectivity index is 0.00000121. The summed E-state index contributed by atoms with van der Waals surface area (Å²) in [6.07, 6.45) is 0. The zero-order valence-electron chi connectivity index (χ0n) is 11.1. The van der Waals surface area contributed by atoms with E-state index in [1.165, 1.54) is 18.7 Å². The summed E-state index contributed by atoms with van der Waals surface area (Å²) in [7, 11) is 0. The number of aromatic amines is 1. The van der Waals surface area contributed by atoms with E-state index >= 15 is 0 Å². The molecule has 0 spiro atoms. The van der Waals surface area contributed by atoms with Crippen molar-refractivity contribution in [1.82, 2.24) is 15.2 Å². The summed E-state index contributed by atoms with van der Waals surface area (Å²) in [5.74, 6) is 1.25. The van der Waals surface area contributed by atoms with Crippen molar-refractivity contribution in [1.29, 1.82) is 0 Å². The lowest BCUT2D eigenvalue weighted by Crippen LogP contribution is -2.25. The van der Waals surface area contributed by atoms with Crippen molar-refractivity contribution in [3.63, 3.8) is 0 Å². The molecule has 2 fully saturated rings. The molecular formula is C14H18ClN3O2. The van der Waals surface area contributed by atoms with Crippen LogP contribution in [0.3, 0.4) is 0 Å². The highest BCUT2D eigenvalue weighted by molar-refractivity contribution is 5.85. The van der Waals surface area contributed by atoms with Crippen LogP contribution in [0.1, 0.15) is 5.56 Å². The summed E-state index contributed by atoms with van der Waals surface area (Å²) in [4.78, 5) is 16.3. The minimum Gasteiger partial charge on any atom is -0.408 e. The second-order valence-corrected chi connectivity index (χ2v) is 5.72. The molecule has 3 heterocycles. The normalized spacial score (nSPS) is 25.8. The molecule has 0 bridgehead atoms. The van der Waals surface area contributed by atoms with E-state index in [2.05, 4.69) is 21.3 Å². The Bertz CT molecular complexity index is 654. The molecule has 1 aromatic carbocycles. The van der Waals surface area contributed by atoms with Crippen LogP contribution in [0.5, 0.6) is 0 Å². The minimum atomic E-state index is -0.381.